The van der Waals surface area contributed by atoms with E-state index in [1.54, 1.807) is 0 Å². The van der Waals surface area contributed by atoms with Gasteiger partial charge >= 0.3 is 0 Å². The molecule has 66 valence electrons. The van der Waals surface area contributed by atoms with Gasteiger partial charge in [0, 0.05) is 0 Å². The van der Waals surface area contributed by atoms with Gasteiger partial charge in [0.2, 0.25) is 0 Å². The molecule has 0 saturated heterocycles. The first-order chi connectivity index (χ1) is 5.66. The highest BCUT2D eigenvalue weighted by Gasteiger charge is 1.76. The van der Waals surface area contributed by atoms with Crippen LogP contribution in [0.2, 0.25) is 13.1 Å². The van der Waals surface area contributed by atoms with E-state index in [1.807, 2.05) is 36.4 Å². The summed E-state index contributed by atoms with van der Waals surface area (Å²) in [5, 5.41) is 0. The zero-order valence-electron chi connectivity index (χ0n) is 7.63. The Morgan fingerprint density at radius 1 is 1.25 bits per heavy atom. The molecule has 0 fully saturated rings. The van der Waals surface area contributed by atoms with E-state index >= 15 is 0 Å². The van der Waals surface area contributed by atoms with Crippen molar-refractivity contribution in [2.75, 3.05) is 0 Å². The smallest absolute Gasteiger partial charge is 0.134 e. The average Bonchev–Trinajstić information content (AvgIpc) is 2.05. The summed E-state index contributed by atoms with van der Waals surface area (Å²) in [6.07, 6.45) is 1.83. The minimum absolute atomic E-state index is 0.667. The second-order valence-electron chi connectivity index (χ2n) is 2.63. The van der Waals surface area contributed by atoms with Crippen LogP contribution in [0.3, 0.4) is 0 Å². The summed E-state index contributed by atoms with van der Waals surface area (Å²) in [4.78, 5) is 0. The van der Waals surface area contributed by atoms with Crippen molar-refractivity contribution >= 4 is 25.3 Å². The van der Waals surface area contributed by atoms with Crippen molar-refractivity contribution in [2.45, 2.75) is 13.1 Å². The molecule has 0 aliphatic heterocycles. The summed E-state index contributed by atoms with van der Waals surface area (Å²) < 4.78 is 0. The van der Waals surface area contributed by atoms with E-state index in [1.165, 1.54) is 5.56 Å². The summed E-state index contributed by atoms with van der Waals surface area (Å²) in [6, 6.07) is 10.0. The summed E-state index contributed by atoms with van der Waals surface area (Å²) in [7, 11) is -0.667. The molecule has 0 heterocycles. The normalized spacial score (nSPS) is 8.67. The van der Waals surface area contributed by atoms with Crippen LogP contribution in [-0.4, -0.2) is 8.11 Å². The quantitative estimate of drug-likeness (QED) is 0.479. The Hall–Kier alpha value is -0.533. The van der Waals surface area contributed by atoms with Gasteiger partial charge < -0.3 is 0 Å². The van der Waals surface area contributed by atoms with Gasteiger partial charge in [-0.3, -0.25) is 0 Å². The number of rotatable bonds is 1. The lowest BCUT2D eigenvalue weighted by Crippen LogP contribution is -1.78. The van der Waals surface area contributed by atoms with Crippen molar-refractivity contribution in [2.24, 2.45) is 0 Å². The van der Waals surface area contributed by atoms with Crippen LogP contribution in [0.4, 0.5) is 0 Å². The molecule has 1 rings (SSSR count). The van der Waals surface area contributed by atoms with Crippen LogP contribution in [0.5, 0.6) is 0 Å². The zero-order valence-corrected chi connectivity index (χ0v) is 9.54. The molecular weight excluding hydrogens is 184 g/mol. The van der Waals surface area contributed by atoms with Crippen LogP contribution in [-0.2, 0) is 0 Å². The van der Waals surface area contributed by atoms with Crippen LogP contribution in [0.15, 0.2) is 36.9 Å². The standard InChI is InChI=1S/C8H8.C2H7ClSi/c1-2-8-6-4-3-5-7-8;1-4(2)3/h2-7H,1H2;4H,1-2H3. The van der Waals surface area contributed by atoms with Crippen LogP contribution < -0.4 is 0 Å². The molecule has 1 aromatic rings. The molecule has 0 saturated carbocycles. The Bertz CT molecular complexity index is 204. The van der Waals surface area contributed by atoms with Gasteiger partial charge in [0.15, 0.2) is 0 Å². The molecule has 0 nitrogen and oxygen atoms in total. The largest absolute Gasteiger partial charge is 0.172 e. The van der Waals surface area contributed by atoms with Gasteiger partial charge in [-0.1, -0.05) is 56.1 Å². The average molecular weight is 199 g/mol. The van der Waals surface area contributed by atoms with Crippen molar-refractivity contribution in [3.8, 4) is 0 Å². The molecule has 0 unspecified atom stereocenters. The van der Waals surface area contributed by atoms with Crippen molar-refractivity contribution in [3.05, 3.63) is 42.5 Å². The number of benzene rings is 1. The molecule has 0 bridgehead atoms. The van der Waals surface area contributed by atoms with Gasteiger partial charge in [-0.2, -0.15) is 11.1 Å². The highest BCUT2D eigenvalue weighted by Crippen LogP contribution is 1.97. The Balaban J connectivity index is 0.000000261. The van der Waals surface area contributed by atoms with Crippen molar-refractivity contribution in [1.82, 2.24) is 0 Å². The van der Waals surface area contributed by atoms with Crippen molar-refractivity contribution < 1.29 is 0 Å². The van der Waals surface area contributed by atoms with Crippen LogP contribution in [0.25, 0.3) is 6.08 Å². The maximum atomic E-state index is 5.41. The van der Waals surface area contributed by atoms with Gasteiger partial charge in [0.25, 0.3) is 0 Å². The van der Waals surface area contributed by atoms with Crippen LogP contribution in [0, 0.1) is 0 Å². The highest BCUT2D eigenvalue weighted by atomic mass is 35.6. The van der Waals surface area contributed by atoms with E-state index in [-0.39, 0.29) is 0 Å². The second-order valence-corrected chi connectivity index (χ2v) is 7.27. The SMILES string of the molecule is C=Cc1ccccc1.C[SiH](C)Cl. The first-order valence-electron chi connectivity index (χ1n) is 3.98. The summed E-state index contributed by atoms with van der Waals surface area (Å²) in [6.45, 7) is 7.77. The van der Waals surface area contributed by atoms with Gasteiger partial charge in [0.05, 0.1) is 0 Å². The lowest BCUT2D eigenvalue weighted by molar-refractivity contribution is 1.67. The maximum absolute atomic E-state index is 5.41. The molecule has 0 aliphatic rings. The van der Waals surface area contributed by atoms with Gasteiger partial charge in [-0.05, 0) is 5.56 Å². The minimum Gasteiger partial charge on any atom is -0.172 e. The van der Waals surface area contributed by atoms with Gasteiger partial charge in [-0.25, -0.2) is 0 Å². The summed E-state index contributed by atoms with van der Waals surface area (Å²) in [5.41, 5.74) is 1.17. The fourth-order valence-electron chi connectivity index (χ4n) is 0.589. The molecule has 12 heavy (non-hydrogen) atoms. The third-order valence-corrected chi connectivity index (χ3v) is 1.04. The van der Waals surface area contributed by atoms with E-state index in [0.29, 0.717) is 0 Å². The second kappa shape index (κ2) is 7.13. The molecule has 0 atom stereocenters. The first-order valence-corrected chi connectivity index (χ1v) is 8.04. The molecule has 0 amide bonds. The molecule has 0 aliphatic carbocycles. The topological polar surface area (TPSA) is 0 Å². The van der Waals surface area contributed by atoms with E-state index in [9.17, 15) is 0 Å². The zero-order chi connectivity index (χ0) is 9.40. The molecule has 1 aromatic carbocycles. The molecule has 0 aromatic heterocycles. The predicted octanol–water partition coefficient (Wildman–Crippen LogP) is 3.54. The first kappa shape index (κ1) is 11.5. The van der Waals surface area contributed by atoms with Crippen molar-refractivity contribution in [3.63, 3.8) is 0 Å². The fourth-order valence-corrected chi connectivity index (χ4v) is 0.589. The van der Waals surface area contributed by atoms with Gasteiger partial charge in [-0.15, -0.1) is 0 Å². The van der Waals surface area contributed by atoms with Crippen molar-refractivity contribution in [1.29, 1.82) is 0 Å². The van der Waals surface area contributed by atoms with E-state index in [2.05, 4.69) is 19.7 Å². The fraction of sp³-hybridized carbons (Fsp3) is 0.200. The summed E-state index contributed by atoms with van der Waals surface area (Å²) in [5.74, 6) is 0. The number of hydrogen-bond donors (Lipinski definition) is 0. The third-order valence-electron chi connectivity index (χ3n) is 1.04. The van der Waals surface area contributed by atoms with E-state index in [0.717, 1.165) is 0 Å². The number of halogens is 1. The van der Waals surface area contributed by atoms with Crippen LogP contribution in [0.1, 0.15) is 5.56 Å². The van der Waals surface area contributed by atoms with Crippen LogP contribution >= 0.6 is 11.1 Å². The Morgan fingerprint density at radius 3 is 1.92 bits per heavy atom. The summed E-state index contributed by atoms with van der Waals surface area (Å²) >= 11 is 5.41. The monoisotopic (exact) mass is 198 g/mol. The maximum Gasteiger partial charge on any atom is 0.134 e. The Labute approximate surface area is 81.2 Å². The third kappa shape index (κ3) is 7.57. The van der Waals surface area contributed by atoms with E-state index < -0.39 is 8.11 Å². The van der Waals surface area contributed by atoms with Gasteiger partial charge in [0.1, 0.15) is 8.11 Å². The molecule has 0 spiro atoms. The Morgan fingerprint density at radius 2 is 1.67 bits per heavy atom. The molecule has 0 radical (unpaired) electrons. The highest BCUT2D eigenvalue weighted by molar-refractivity contribution is 7.05. The van der Waals surface area contributed by atoms with E-state index in [4.69, 9.17) is 11.1 Å². The minimum atomic E-state index is -0.667. The molecule has 0 N–H and O–H groups in total. The lowest BCUT2D eigenvalue weighted by atomic mass is 10.2. The molecule has 2 heteroatoms. The Kier molecular flexibility index (Phi) is 6.82. The molecular formula is C10H15ClSi. The number of hydrogen-bond acceptors (Lipinski definition) is 0. The lowest BCUT2D eigenvalue weighted by Gasteiger charge is -1.85. The predicted molar refractivity (Wildman–Crippen MR) is 61.3 cm³/mol.